The van der Waals surface area contributed by atoms with Crippen LogP contribution < -0.4 is 0 Å². The van der Waals surface area contributed by atoms with Crippen LogP contribution in [0.15, 0.2) is 87.7 Å². The summed E-state index contributed by atoms with van der Waals surface area (Å²) in [7, 11) is -3.72. The van der Waals surface area contributed by atoms with Crippen molar-refractivity contribution in [3.8, 4) is 0 Å². The Morgan fingerprint density at radius 2 is 1.38 bits per heavy atom. The zero-order chi connectivity index (χ0) is 20.6. The molecule has 0 fully saturated rings. The third-order valence-electron chi connectivity index (χ3n) is 4.40. The van der Waals surface area contributed by atoms with E-state index in [0.717, 1.165) is 0 Å². The Kier molecular flexibility index (Phi) is 4.44. The smallest absolute Gasteiger partial charge is 0.312 e. The number of nitro benzene ring substituents is 1. The number of sulfone groups is 1. The molecule has 3 aromatic rings. The lowest BCUT2D eigenvalue weighted by Crippen LogP contribution is -2.21. The minimum atomic E-state index is -3.72. The summed E-state index contributed by atoms with van der Waals surface area (Å²) in [6.45, 7) is 0. The third-order valence-corrected chi connectivity index (χ3v) is 6.27. The van der Waals surface area contributed by atoms with E-state index in [-0.39, 0.29) is 26.8 Å². The number of hydrogen-bond donors (Lipinski definition) is 0. The molecule has 0 spiro atoms. The summed E-state index contributed by atoms with van der Waals surface area (Å²) >= 11 is 0. The molecule has 0 N–H and O–H groups in total. The summed E-state index contributed by atoms with van der Waals surface area (Å²) in [6, 6.07) is 17.5. The molecule has 0 amide bonds. The number of oxime groups is 1. The van der Waals surface area contributed by atoms with Crippen LogP contribution in [0, 0.1) is 10.1 Å². The van der Waals surface area contributed by atoms with E-state index in [0.29, 0.717) is 11.1 Å². The van der Waals surface area contributed by atoms with E-state index in [9.17, 15) is 23.3 Å². The van der Waals surface area contributed by atoms with Crippen LogP contribution in [0.3, 0.4) is 0 Å². The number of rotatable bonds is 3. The molecule has 0 atom stereocenters. The van der Waals surface area contributed by atoms with Crippen LogP contribution in [0.5, 0.6) is 0 Å². The van der Waals surface area contributed by atoms with Crippen molar-refractivity contribution in [2.45, 2.75) is 9.79 Å². The Balaban J connectivity index is 1.74. The van der Waals surface area contributed by atoms with Gasteiger partial charge in [-0.25, -0.2) is 13.2 Å². The minimum Gasteiger partial charge on any atom is -0.312 e. The molecular weight excluding hydrogens is 396 g/mol. The predicted octanol–water partition coefficient (Wildman–Crippen LogP) is 3.35. The monoisotopic (exact) mass is 408 g/mol. The summed E-state index contributed by atoms with van der Waals surface area (Å²) in [4.78, 5) is 27.6. The molecule has 0 unspecified atom stereocenters. The molecule has 0 saturated carbocycles. The second-order valence-corrected chi connectivity index (χ2v) is 8.00. The van der Waals surface area contributed by atoms with E-state index in [4.69, 9.17) is 4.84 Å². The Labute approximate surface area is 165 Å². The van der Waals surface area contributed by atoms with Crippen molar-refractivity contribution < 1.29 is 23.0 Å². The fourth-order valence-corrected chi connectivity index (χ4v) is 4.67. The maximum atomic E-state index is 12.9. The van der Waals surface area contributed by atoms with Gasteiger partial charge in [-0.1, -0.05) is 41.6 Å². The van der Waals surface area contributed by atoms with Crippen molar-refractivity contribution in [1.82, 2.24) is 0 Å². The van der Waals surface area contributed by atoms with Crippen LogP contribution in [-0.4, -0.2) is 25.0 Å². The Morgan fingerprint density at radius 3 is 1.90 bits per heavy atom. The van der Waals surface area contributed by atoms with E-state index in [1.54, 1.807) is 36.4 Å². The van der Waals surface area contributed by atoms with Crippen LogP contribution in [-0.2, 0) is 14.7 Å². The lowest BCUT2D eigenvalue weighted by Gasteiger charge is -2.20. The molecule has 144 valence electrons. The second-order valence-electron chi connectivity index (χ2n) is 6.12. The first-order valence-corrected chi connectivity index (χ1v) is 9.85. The fraction of sp³-hybridized carbons (Fsp3) is 0. The maximum absolute atomic E-state index is 12.9. The predicted molar refractivity (Wildman–Crippen MR) is 102 cm³/mol. The summed E-state index contributed by atoms with van der Waals surface area (Å²) in [6.07, 6.45) is 0. The van der Waals surface area contributed by atoms with E-state index in [2.05, 4.69) is 5.16 Å². The van der Waals surface area contributed by atoms with Gasteiger partial charge in [0.1, 0.15) is 5.71 Å². The van der Waals surface area contributed by atoms with Gasteiger partial charge in [0.15, 0.2) is 0 Å². The van der Waals surface area contributed by atoms with Crippen LogP contribution in [0.4, 0.5) is 5.69 Å². The number of nitrogens with zero attached hydrogens (tertiary/aromatic N) is 2. The quantitative estimate of drug-likeness (QED) is 0.292. The normalized spacial score (nSPS) is 13.7. The molecule has 0 radical (unpaired) electrons. The van der Waals surface area contributed by atoms with E-state index in [1.807, 2.05) is 0 Å². The number of nitro groups is 1. The second kappa shape index (κ2) is 6.95. The molecule has 0 aromatic heterocycles. The van der Waals surface area contributed by atoms with Gasteiger partial charge in [0.25, 0.3) is 5.69 Å². The Bertz CT molecular complexity index is 1220. The average Bonchev–Trinajstić information content (AvgIpc) is 2.74. The lowest BCUT2D eigenvalue weighted by molar-refractivity contribution is -0.384. The van der Waals surface area contributed by atoms with E-state index in [1.165, 1.54) is 36.4 Å². The summed E-state index contributed by atoms with van der Waals surface area (Å²) in [5.74, 6) is -0.823. The largest absolute Gasteiger partial charge is 0.365 e. The van der Waals surface area contributed by atoms with Gasteiger partial charge >= 0.3 is 5.97 Å². The van der Waals surface area contributed by atoms with Crippen molar-refractivity contribution in [2.75, 3.05) is 0 Å². The average molecular weight is 408 g/mol. The molecule has 29 heavy (non-hydrogen) atoms. The van der Waals surface area contributed by atoms with Gasteiger partial charge in [-0.3, -0.25) is 10.1 Å². The van der Waals surface area contributed by atoms with Gasteiger partial charge in [0, 0.05) is 23.3 Å². The summed E-state index contributed by atoms with van der Waals surface area (Å²) in [5, 5.41) is 14.7. The first-order chi connectivity index (χ1) is 13.9. The first kappa shape index (κ1) is 18.5. The highest BCUT2D eigenvalue weighted by Crippen LogP contribution is 2.34. The molecule has 1 aliphatic heterocycles. The van der Waals surface area contributed by atoms with E-state index >= 15 is 0 Å². The van der Waals surface area contributed by atoms with Crippen LogP contribution >= 0.6 is 0 Å². The third kappa shape index (κ3) is 3.17. The molecule has 0 saturated heterocycles. The summed E-state index contributed by atoms with van der Waals surface area (Å²) in [5.41, 5.74) is 0.768. The molecule has 4 rings (SSSR count). The van der Waals surface area contributed by atoms with Gasteiger partial charge in [-0.2, -0.15) is 0 Å². The van der Waals surface area contributed by atoms with Gasteiger partial charge in [-0.15, -0.1) is 0 Å². The van der Waals surface area contributed by atoms with Crippen molar-refractivity contribution >= 4 is 27.2 Å². The Morgan fingerprint density at radius 1 is 0.862 bits per heavy atom. The zero-order valence-corrected chi connectivity index (χ0v) is 15.5. The zero-order valence-electron chi connectivity index (χ0n) is 14.7. The summed E-state index contributed by atoms with van der Waals surface area (Å²) < 4.78 is 25.7. The minimum absolute atomic E-state index is 0.0730. The Hall–Kier alpha value is -3.85. The van der Waals surface area contributed by atoms with Gasteiger partial charge in [0.2, 0.25) is 9.84 Å². The van der Waals surface area contributed by atoms with Crippen LogP contribution in [0.25, 0.3) is 0 Å². The molecule has 0 aliphatic carbocycles. The maximum Gasteiger partial charge on any atom is 0.365 e. The van der Waals surface area contributed by atoms with Gasteiger partial charge < -0.3 is 4.84 Å². The van der Waals surface area contributed by atoms with Crippen molar-refractivity contribution in [1.29, 1.82) is 0 Å². The van der Waals surface area contributed by atoms with Crippen molar-refractivity contribution in [3.63, 3.8) is 0 Å². The number of fused-ring (bicyclic) bond motifs is 2. The standard InChI is InChI=1S/C20H12N2O6S/c23-20(13-9-11-14(12-10-13)22(24)25)28-21-19-15-5-1-3-7-17(15)29(26,27)18-8-4-2-6-16(18)19/h1-12H. The fourth-order valence-electron chi connectivity index (χ4n) is 3.01. The highest BCUT2D eigenvalue weighted by Gasteiger charge is 2.33. The van der Waals surface area contributed by atoms with Crippen molar-refractivity contribution in [3.05, 3.63) is 99.6 Å². The molecule has 3 aromatic carbocycles. The topological polar surface area (TPSA) is 116 Å². The highest BCUT2D eigenvalue weighted by molar-refractivity contribution is 7.91. The number of hydrogen-bond acceptors (Lipinski definition) is 7. The van der Waals surface area contributed by atoms with Gasteiger partial charge in [0.05, 0.1) is 20.3 Å². The van der Waals surface area contributed by atoms with Crippen molar-refractivity contribution in [2.24, 2.45) is 5.16 Å². The first-order valence-electron chi connectivity index (χ1n) is 8.37. The van der Waals surface area contributed by atoms with Crippen LogP contribution in [0.2, 0.25) is 0 Å². The molecular formula is C20H12N2O6S. The molecule has 8 nitrogen and oxygen atoms in total. The SMILES string of the molecule is O=C(ON=C1c2ccccc2S(=O)(=O)c2ccccc21)c1ccc([N+](=O)[O-])cc1. The number of carbonyl (C=O) groups excluding carboxylic acids is 1. The highest BCUT2D eigenvalue weighted by atomic mass is 32.2. The molecule has 0 bridgehead atoms. The molecule has 1 aliphatic rings. The number of carbonyl (C=O) groups is 1. The van der Waals surface area contributed by atoms with Gasteiger partial charge in [-0.05, 0) is 24.3 Å². The van der Waals surface area contributed by atoms with Crippen LogP contribution in [0.1, 0.15) is 21.5 Å². The lowest BCUT2D eigenvalue weighted by atomic mass is 10.0. The van der Waals surface area contributed by atoms with E-state index < -0.39 is 20.7 Å². The molecule has 9 heteroatoms. The number of benzene rings is 3. The number of non-ortho nitro benzene ring substituents is 1. The molecule has 1 heterocycles.